The normalized spacial score (nSPS) is 14.7. The van der Waals surface area contributed by atoms with E-state index >= 15 is 0 Å². The van der Waals surface area contributed by atoms with Gasteiger partial charge in [0.05, 0.1) is 10.9 Å². The van der Waals surface area contributed by atoms with Crippen LogP contribution in [0.4, 0.5) is 5.69 Å². The summed E-state index contributed by atoms with van der Waals surface area (Å²) in [5.41, 5.74) is 1.72. The van der Waals surface area contributed by atoms with Crippen molar-refractivity contribution >= 4 is 35.0 Å². The van der Waals surface area contributed by atoms with Crippen molar-refractivity contribution in [3.63, 3.8) is 0 Å². The Labute approximate surface area is 167 Å². The third kappa shape index (κ3) is 4.34. The third-order valence-corrected chi connectivity index (χ3v) is 5.52. The molecule has 3 aromatic rings. The lowest BCUT2D eigenvalue weighted by Crippen LogP contribution is -2.22. The maximum absolute atomic E-state index is 12.5. The van der Waals surface area contributed by atoms with E-state index in [1.165, 1.54) is 11.8 Å². The molecule has 138 valence electrons. The number of carbonyl (C=O) groups excluding carboxylic acids is 1. The number of carbonyl (C=O) groups is 1. The summed E-state index contributed by atoms with van der Waals surface area (Å²) in [6.07, 6.45) is 2.28. The minimum absolute atomic E-state index is 0.0913. The highest BCUT2D eigenvalue weighted by Gasteiger charge is 2.31. The number of anilines is 1. The predicted octanol–water partition coefficient (Wildman–Crippen LogP) is 4.92. The molecule has 1 heterocycles. The van der Waals surface area contributed by atoms with E-state index in [2.05, 4.69) is 10.4 Å². The van der Waals surface area contributed by atoms with Gasteiger partial charge in [-0.25, -0.2) is 9.67 Å². The molecule has 1 fully saturated rings. The summed E-state index contributed by atoms with van der Waals surface area (Å²) in [6, 6.07) is 17.1. The van der Waals surface area contributed by atoms with Crippen molar-refractivity contribution in [1.29, 1.82) is 0 Å². The number of aromatic nitrogens is 3. The van der Waals surface area contributed by atoms with E-state index in [9.17, 15) is 4.79 Å². The molecule has 1 aliphatic carbocycles. The van der Waals surface area contributed by atoms with E-state index in [0.29, 0.717) is 16.1 Å². The van der Waals surface area contributed by atoms with Crippen LogP contribution in [-0.4, -0.2) is 25.9 Å². The van der Waals surface area contributed by atoms with Crippen molar-refractivity contribution in [2.75, 3.05) is 5.32 Å². The van der Waals surface area contributed by atoms with Crippen molar-refractivity contribution in [2.24, 2.45) is 0 Å². The van der Waals surface area contributed by atoms with Gasteiger partial charge in [0.15, 0.2) is 0 Å². The average molecular weight is 399 g/mol. The molecule has 1 amide bonds. The van der Waals surface area contributed by atoms with Crippen LogP contribution in [0.15, 0.2) is 59.8 Å². The highest BCUT2D eigenvalue weighted by Crippen LogP contribution is 2.40. The van der Waals surface area contributed by atoms with Crippen LogP contribution in [0.1, 0.15) is 31.5 Å². The molecule has 0 aliphatic heterocycles. The second kappa shape index (κ2) is 7.74. The molecule has 0 bridgehead atoms. The zero-order valence-corrected chi connectivity index (χ0v) is 16.4. The predicted molar refractivity (Wildman–Crippen MR) is 109 cm³/mol. The second-order valence-electron chi connectivity index (χ2n) is 6.53. The van der Waals surface area contributed by atoms with Gasteiger partial charge in [-0.3, -0.25) is 4.79 Å². The quantitative estimate of drug-likeness (QED) is 0.599. The van der Waals surface area contributed by atoms with Gasteiger partial charge < -0.3 is 5.32 Å². The summed E-state index contributed by atoms with van der Waals surface area (Å²) < 4.78 is 1.91. The molecule has 1 aromatic heterocycles. The number of hydrogen-bond donors (Lipinski definition) is 1. The van der Waals surface area contributed by atoms with Gasteiger partial charge >= 0.3 is 0 Å². The number of rotatable bonds is 6. The Balaban J connectivity index is 1.48. The molecule has 1 unspecified atom stereocenters. The van der Waals surface area contributed by atoms with Crippen molar-refractivity contribution < 1.29 is 4.79 Å². The molecule has 2 aromatic carbocycles. The van der Waals surface area contributed by atoms with Gasteiger partial charge in [0.1, 0.15) is 5.82 Å². The lowest BCUT2D eigenvalue weighted by molar-refractivity contribution is -0.115. The minimum Gasteiger partial charge on any atom is -0.325 e. The highest BCUT2D eigenvalue weighted by molar-refractivity contribution is 8.00. The smallest absolute Gasteiger partial charge is 0.237 e. The Morgan fingerprint density at radius 1 is 1.19 bits per heavy atom. The van der Waals surface area contributed by atoms with Crippen LogP contribution in [0.5, 0.6) is 0 Å². The topological polar surface area (TPSA) is 59.8 Å². The molecule has 1 atom stereocenters. The molecular weight excluding hydrogens is 380 g/mol. The molecule has 27 heavy (non-hydrogen) atoms. The fourth-order valence-electron chi connectivity index (χ4n) is 2.71. The first-order valence-electron chi connectivity index (χ1n) is 8.85. The Kier molecular flexibility index (Phi) is 5.18. The highest BCUT2D eigenvalue weighted by atomic mass is 35.5. The first-order valence-corrected chi connectivity index (χ1v) is 10.1. The number of para-hydroxylation sites is 1. The molecule has 4 rings (SSSR count). The van der Waals surface area contributed by atoms with E-state index < -0.39 is 0 Å². The van der Waals surface area contributed by atoms with Crippen molar-refractivity contribution in [3.05, 3.63) is 65.4 Å². The van der Waals surface area contributed by atoms with Crippen LogP contribution in [0.2, 0.25) is 5.02 Å². The standard InChI is InChI=1S/C20H19ClN4OS/c1-13(19(26)22-16-11-9-15(21)10-12-16)27-20-23-18(14-7-8-14)25(24-20)17-5-3-2-4-6-17/h2-6,9-14H,7-8H2,1H3,(H,22,26). The number of thioether (sulfide) groups is 1. The number of nitrogens with zero attached hydrogens (tertiary/aromatic N) is 3. The first kappa shape index (κ1) is 18.1. The summed E-state index contributed by atoms with van der Waals surface area (Å²) in [6.45, 7) is 1.86. The number of hydrogen-bond acceptors (Lipinski definition) is 4. The minimum atomic E-state index is -0.320. The zero-order chi connectivity index (χ0) is 18.8. The monoisotopic (exact) mass is 398 g/mol. The number of benzene rings is 2. The van der Waals surface area contributed by atoms with E-state index in [1.807, 2.05) is 41.9 Å². The van der Waals surface area contributed by atoms with Gasteiger partial charge in [-0.15, -0.1) is 5.10 Å². The number of amides is 1. The lowest BCUT2D eigenvalue weighted by atomic mass is 10.3. The Morgan fingerprint density at radius 2 is 1.89 bits per heavy atom. The fourth-order valence-corrected chi connectivity index (χ4v) is 3.59. The molecule has 1 saturated carbocycles. The van der Waals surface area contributed by atoms with Crippen LogP contribution in [0.25, 0.3) is 5.69 Å². The third-order valence-electron chi connectivity index (χ3n) is 4.32. The average Bonchev–Trinajstić information content (AvgIpc) is 3.44. The van der Waals surface area contributed by atoms with Crippen LogP contribution >= 0.6 is 23.4 Å². The van der Waals surface area contributed by atoms with Gasteiger partial charge in [0.25, 0.3) is 0 Å². The van der Waals surface area contributed by atoms with Crippen LogP contribution in [-0.2, 0) is 4.79 Å². The SMILES string of the molecule is CC(Sc1nc(C2CC2)n(-c2ccccc2)n1)C(=O)Nc1ccc(Cl)cc1. The second-order valence-corrected chi connectivity index (χ2v) is 8.27. The molecule has 7 heteroatoms. The number of halogens is 1. The lowest BCUT2D eigenvalue weighted by Gasteiger charge is -2.10. The van der Waals surface area contributed by atoms with E-state index in [0.717, 1.165) is 30.0 Å². The van der Waals surface area contributed by atoms with Gasteiger partial charge in [-0.05, 0) is 56.2 Å². The van der Waals surface area contributed by atoms with Crippen LogP contribution in [0.3, 0.4) is 0 Å². The molecule has 1 aliphatic rings. The van der Waals surface area contributed by atoms with Crippen molar-refractivity contribution in [3.8, 4) is 5.69 Å². The molecule has 1 N–H and O–H groups in total. The Hall–Kier alpha value is -2.31. The van der Waals surface area contributed by atoms with E-state index in [4.69, 9.17) is 16.6 Å². The largest absolute Gasteiger partial charge is 0.325 e. The van der Waals surface area contributed by atoms with Gasteiger partial charge in [-0.1, -0.05) is 41.6 Å². The molecule has 0 saturated heterocycles. The Morgan fingerprint density at radius 3 is 2.56 bits per heavy atom. The summed E-state index contributed by atoms with van der Waals surface area (Å²) in [5.74, 6) is 1.35. The van der Waals surface area contributed by atoms with E-state index in [-0.39, 0.29) is 11.2 Å². The fraction of sp³-hybridized carbons (Fsp3) is 0.250. The number of nitrogens with one attached hydrogen (secondary N) is 1. The first-order chi connectivity index (χ1) is 13.1. The molecule has 0 radical (unpaired) electrons. The summed E-state index contributed by atoms with van der Waals surface area (Å²) in [4.78, 5) is 17.2. The van der Waals surface area contributed by atoms with Gasteiger partial charge in [-0.2, -0.15) is 0 Å². The van der Waals surface area contributed by atoms with Crippen LogP contribution < -0.4 is 5.32 Å². The van der Waals surface area contributed by atoms with Crippen molar-refractivity contribution in [1.82, 2.24) is 14.8 Å². The maximum Gasteiger partial charge on any atom is 0.237 e. The molecular formula is C20H19ClN4OS. The molecule has 5 nitrogen and oxygen atoms in total. The van der Waals surface area contributed by atoms with E-state index in [1.54, 1.807) is 24.3 Å². The summed E-state index contributed by atoms with van der Waals surface area (Å²) in [5, 5.41) is 8.49. The van der Waals surface area contributed by atoms with Crippen LogP contribution in [0, 0.1) is 0 Å². The summed E-state index contributed by atoms with van der Waals surface area (Å²) in [7, 11) is 0. The zero-order valence-electron chi connectivity index (χ0n) is 14.8. The van der Waals surface area contributed by atoms with Gasteiger partial charge in [0.2, 0.25) is 11.1 Å². The summed E-state index contributed by atoms with van der Waals surface area (Å²) >= 11 is 7.25. The van der Waals surface area contributed by atoms with Gasteiger partial charge in [0, 0.05) is 16.6 Å². The Bertz CT molecular complexity index is 938. The molecule has 0 spiro atoms. The maximum atomic E-state index is 12.5. The van der Waals surface area contributed by atoms with Crippen molar-refractivity contribution in [2.45, 2.75) is 36.1 Å².